The van der Waals surface area contributed by atoms with Crippen molar-refractivity contribution in [2.75, 3.05) is 7.11 Å². The van der Waals surface area contributed by atoms with Crippen molar-refractivity contribution in [1.82, 2.24) is 0 Å². The highest BCUT2D eigenvalue weighted by molar-refractivity contribution is 5.36. The van der Waals surface area contributed by atoms with E-state index in [1.54, 1.807) is 6.92 Å². The van der Waals surface area contributed by atoms with E-state index in [2.05, 4.69) is 0 Å². The van der Waals surface area contributed by atoms with Crippen molar-refractivity contribution in [2.45, 2.75) is 19.4 Å². The second-order valence-electron chi connectivity index (χ2n) is 3.26. The van der Waals surface area contributed by atoms with Crippen LogP contribution in [0, 0.1) is 11.6 Å². The summed E-state index contributed by atoms with van der Waals surface area (Å²) >= 11 is 0. The molecule has 0 saturated carbocycles. The number of ether oxygens (including phenoxy) is 1. The van der Waals surface area contributed by atoms with E-state index in [4.69, 9.17) is 10.5 Å². The molecule has 0 aliphatic heterocycles. The van der Waals surface area contributed by atoms with Crippen LogP contribution in [0.15, 0.2) is 12.1 Å². The summed E-state index contributed by atoms with van der Waals surface area (Å²) in [6.07, 6.45) is 0.387. The Hall–Kier alpha value is -1.16. The van der Waals surface area contributed by atoms with E-state index in [1.165, 1.54) is 13.2 Å². The third kappa shape index (κ3) is 2.42. The molecule has 0 aliphatic rings. The fraction of sp³-hybridized carbons (Fsp3) is 0.400. The van der Waals surface area contributed by atoms with Crippen LogP contribution in [0.25, 0.3) is 0 Å². The Labute approximate surface area is 81.7 Å². The van der Waals surface area contributed by atoms with E-state index in [9.17, 15) is 8.78 Å². The monoisotopic (exact) mass is 201 g/mol. The molecule has 0 amide bonds. The Bertz CT molecular complexity index is 326. The SMILES string of the molecule is COc1c(F)cc(F)cc1C[C@@H](C)N. The summed E-state index contributed by atoms with van der Waals surface area (Å²) < 4.78 is 30.8. The van der Waals surface area contributed by atoms with Gasteiger partial charge in [-0.2, -0.15) is 0 Å². The van der Waals surface area contributed by atoms with Gasteiger partial charge in [0.15, 0.2) is 11.6 Å². The predicted octanol–water partition coefficient (Wildman–Crippen LogP) is 1.86. The van der Waals surface area contributed by atoms with Gasteiger partial charge >= 0.3 is 0 Å². The zero-order valence-electron chi connectivity index (χ0n) is 8.18. The van der Waals surface area contributed by atoms with Gasteiger partial charge in [0.25, 0.3) is 0 Å². The molecule has 1 aromatic carbocycles. The summed E-state index contributed by atoms with van der Waals surface area (Å²) in [4.78, 5) is 0. The van der Waals surface area contributed by atoms with Gasteiger partial charge in [-0.15, -0.1) is 0 Å². The molecule has 0 heterocycles. The first-order valence-corrected chi connectivity index (χ1v) is 4.32. The van der Waals surface area contributed by atoms with E-state index in [0.29, 0.717) is 12.0 Å². The van der Waals surface area contributed by atoms with Gasteiger partial charge in [0.05, 0.1) is 7.11 Å². The minimum Gasteiger partial charge on any atom is -0.493 e. The van der Waals surface area contributed by atoms with E-state index in [1.807, 2.05) is 0 Å². The number of rotatable bonds is 3. The number of hydrogen-bond acceptors (Lipinski definition) is 2. The van der Waals surface area contributed by atoms with Crippen LogP contribution in [0.1, 0.15) is 12.5 Å². The molecule has 0 aromatic heterocycles. The van der Waals surface area contributed by atoms with Gasteiger partial charge in [-0.1, -0.05) is 0 Å². The van der Waals surface area contributed by atoms with E-state index < -0.39 is 11.6 Å². The molecule has 0 bridgehead atoms. The lowest BCUT2D eigenvalue weighted by atomic mass is 10.1. The van der Waals surface area contributed by atoms with Gasteiger partial charge in [-0.05, 0) is 19.4 Å². The Kier molecular flexibility index (Phi) is 3.41. The van der Waals surface area contributed by atoms with Gasteiger partial charge in [-0.25, -0.2) is 8.78 Å². The smallest absolute Gasteiger partial charge is 0.168 e. The lowest BCUT2D eigenvalue weighted by Gasteiger charge is -2.11. The van der Waals surface area contributed by atoms with Crippen LogP contribution >= 0.6 is 0 Å². The highest BCUT2D eigenvalue weighted by atomic mass is 19.1. The molecule has 0 aliphatic carbocycles. The molecule has 4 heteroatoms. The fourth-order valence-electron chi connectivity index (χ4n) is 1.34. The molecule has 1 aromatic rings. The average Bonchev–Trinajstić information content (AvgIpc) is 2.01. The molecule has 1 atom stereocenters. The summed E-state index contributed by atoms with van der Waals surface area (Å²) in [7, 11) is 1.35. The van der Waals surface area contributed by atoms with Crippen LogP contribution in [0.5, 0.6) is 5.75 Å². The summed E-state index contributed by atoms with van der Waals surface area (Å²) in [5.41, 5.74) is 6.01. The van der Waals surface area contributed by atoms with Crippen molar-refractivity contribution in [2.24, 2.45) is 5.73 Å². The molecular formula is C10H13F2NO. The molecule has 78 valence electrons. The first-order valence-electron chi connectivity index (χ1n) is 4.32. The van der Waals surface area contributed by atoms with Crippen molar-refractivity contribution < 1.29 is 13.5 Å². The normalized spacial score (nSPS) is 12.6. The summed E-state index contributed by atoms with van der Waals surface area (Å²) in [5.74, 6) is -1.23. The molecule has 0 spiro atoms. The van der Waals surface area contributed by atoms with Crippen LogP contribution in [0.3, 0.4) is 0 Å². The van der Waals surface area contributed by atoms with Gasteiger partial charge < -0.3 is 10.5 Å². The summed E-state index contributed by atoms with van der Waals surface area (Å²) in [6.45, 7) is 1.77. The van der Waals surface area contributed by atoms with Crippen molar-refractivity contribution in [1.29, 1.82) is 0 Å². The molecule has 1 rings (SSSR count). The number of methoxy groups -OCH3 is 1. The minimum absolute atomic E-state index is 0.0729. The number of nitrogens with two attached hydrogens (primary N) is 1. The Morgan fingerprint density at radius 3 is 2.57 bits per heavy atom. The van der Waals surface area contributed by atoms with E-state index >= 15 is 0 Å². The third-order valence-electron chi connectivity index (χ3n) is 1.83. The molecular weight excluding hydrogens is 188 g/mol. The van der Waals surface area contributed by atoms with Crippen LogP contribution in [0.2, 0.25) is 0 Å². The zero-order chi connectivity index (χ0) is 10.7. The van der Waals surface area contributed by atoms with Crippen molar-refractivity contribution in [3.63, 3.8) is 0 Å². The van der Waals surface area contributed by atoms with Gasteiger partial charge in [-0.3, -0.25) is 0 Å². The number of benzene rings is 1. The standard InChI is InChI=1S/C10H13F2NO/c1-6(13)3-7-4-8(11)5-9(12)10(7)14-2/h4-6H,3,13H2,1-2H3/t6-/m1/s1. The van der Waals surface area contributed by atoms with Crippen molar-refractivity contribution in [3.05, 3.63) is 29.3 Å². The van der Waals surface area contributed by atoms with Crippen LogP contribution < -0.4 is 10.5 Å². The van der Waals surface area contributed by atoms with Crippen molar-refractivity contribution >= 4 is 0 Å². The molecule has 2 nitrogen and oxygen atoms in total. The van der Waals surface area contributed by atoms with Crippen LogP contribution in [-0.2, 0) is 6.42 Å². The molecule has 2 N–H and O–H groups in total. The van der Waals surface area contributed by atoms with Crippen LogP contribution in [0.4, 0.5) is 8.78 Å². The maximum absolute atomic E-state index is 13.2. The predicted molar refractivity (Wildman–Crippen MR) is 50.3 cm³/mol. The Balaban J connectivity index is 3.11. The molecule has 0 radical (unpaired) electrons. The lowest BCUT2D eigenvalue weighted by molar-refractivity contribution is 0.377. The third-order valence-corrected chi connectivity index (χ3v) is 1.83. The fourth-order valence-corrected chi connectivity index (χ4v) is 1.34. The molecule has 0 unspecified atom stereocenters. The number of hydrogen-bond donors (Lipinski definition) is 1. The quantitative estimate of drug-likeness (QED) is 0.810. The highest BCUT2D eigenvalue weighted by Crippen LogP contribution is 2.24. The molecule has 14 heavy (non-hydrogen) atoms. The maximum atomic E-state index is 13.2. The van der Waals surface area contributed by atoms with E-state index in [-0.39, 0.29) is 11.8 Å². The maximum Gasteiger partial charge on any atom is 0.168 e. The summed E-state index contributed by atoms with van der Waals surface area (Å²) in [6, 6.07) is 1.87. The van der Waals surface area contributed by atoms with Gasteiger partial charge in [0.2, 0.25) is 0 Å². The van der Waals surface area contributed by atoms with Crippen molar-refractivity contribution in [3.8, 4) is 5.75 Å². The summed E-state index contributed by atoms with van der Waals surface area (Å²) in [5, 5.41) is 0. The lowest BCUT2D eigenvalue weighted by Crippen LogP contribution is -2.18. The molecule has 0 saturated heterocycles. The number of halogens is 2. The van der Waals surface area contributed by atoms with Gasteiger partial charge in [0.1, 0.15) is 5.82 Å². The minimum atomic E-state index is -0.692. The van der Waals surface area contributed by atoms with E-state index in [0.717, 1.165) is 6.07 Å². The van der Waals surface area contributed by atoms with Crippen LogP contribution in [-0.4, -0.2) is 13.2 Å². The topological polar surface area (TPSA) is 35.2 Å². The van der Waals surface area contributed by atoms with Gasteiger partial charge in [0, 0.05) is 17.7 Å². The first-order chi connectivity index (χ1) is 6.54. The highest BCUT2D eigenvalue weighted by Gasteiger charge is 2.12. The Morgan fingerprint density at radius 1 is 1.43 bits per heavy atom. The largest absolute Gasteiger partial charge is 0.493 e. The second kappa shape index (κ2) is 4.37. The zero-order valence-corrected chi connectivity index (χ0v) is 8.18. The second-order valence-corrected chi connectivity index (χ2v) is 3.26. The average molecular weight is 201 g/mol. The molecule has 0 fully saturated rings. The Morgan fingerprint density at radius 2 is 2.07 bits per heavy atom. The first kappa shape index (κ1) is 10.9.